The number of primary amides is 1. The van der Waals surface area contributed by atoms with Gasteiger partial charge in [-0.2, -0.15) is 0 Å². The topological polar surface area (TPSA) is 79.1 Å². The highest BCUT2D eigenvalue weighted by atomic mass is 35.5. The Balaban J connectivity index is 1.32. The third-order valence-electron chi connectivity index (χ3n) is 9.09. The van der Waals surface area contributed by atoms with Crippen LogP contribution >= 0.6 is 23.2 Å². The highest BCUT2D eigenvalue weighted by molar-refractivity contribution is 6.42. The van der Waals surface area contributed by atoms with Crippen molar-refractivity contribution < 1.29 is 14.3 Å². The maximum absolute atomic E-state index is 13.4. The molecule has 9 heteroatoms. The van der Waals surface area contributed by atoms with Crippen LogP contribution in [0.4, 0.5) is 0 Å². The van der Waals surface area contributed by atoms with Gasteiger partial charge >= 0.3 is 0 Å². The average Bonchev–Trinajstić information content (AvgIpc) is 2.98. The minimum atomic E-state index is -0.703. The van der Waals surface area contributed by atoms with Crippen LogP contribution in [0.3, 0.4) is 0 Å². The van der Waals surface area contributed by atoms with E-state index in [1.165, 1.54) is 19.3 Å². The van der Waals surface area contributed by atoms with Gasteiger partial charge in [-0.1, -0.05) is 53.9 Å². The second-order valence-corrected chi connectivity index (χ2v) is 12.4. The molecule has 2 aromatic carbocycles. The van der Waals surface area contributed by atoms with E-state index in [1.54, 1.807) is 6.07 Å². The van der Waals surface area contributed by atoms with Gasteiger partial charge in [0.15, 0.2) is 0 Å². The molecule has 0 aliphatic carbocycles. The molecule has 0 saturated carbocycles. The van der Waals surface area contributed by atoms with Crippen molar-refractivity contribution in [3.63, 3.8) is 0 Å². The molecular weight excluding hydrogens is 547 g/mol. The van der Waals surface area contributed by atoms with Crippen molar-refractivity contribution in [3.05, 3.63) is 69.7 Å². The molecule has 0 bridgehead atoms. The third-order valence-corrected chi connectivity index (χ3v) is 9.83. The van der Waals surface area contributed by atoms with E-state index in [0.717, 1.165) is 51.1 Å². The van der Waals surface area contributed by atoms with E-state index in [0.29, 0.717) is 48.1 Å². The Morgan fingerprint density at radius 1 is 0.900 bits per heavy atom. The molecule has 3 heterocycles. The molecule has 2 aromatic rings. The lowest BCUT2D eigenvalue weighted by Crippen LogP contribution is -2.58. The Morgan fingerprint density at radius 2 is 1.62 bits per heavy atom. The number of ether oxygens (including phenoxy) is 1. The number of halogens is 2. The molecule has 0 spiro atoms. The van der Waals surface area contributed by atoms with Crippen molar-refractivity contribution in [3.8, 4) is 0 Å². The molecule has 216 valence electrons. The van der Waals surface area contributed by atoms with Gasteiger partial charge in [-0.05, 0) is 88.1 Å². The number of carbonyl (C=O) groups is 2. The lowest BCUT2D eigenvalue weighted by Gasteiger charge is -2.50. The fraction of sp³-hybridized carbons (Fsp3) is 0.548. The second-order valence-electron chi connectivity index (χ2n) is 11.6. The predicted molar refractivity (Wildman–Crippen MR) is 159 cm³/mol. The minimum absolute atomic E-state index is 0.00377. The number of rotatable bonds is 8. The summed E-state index contributed by atoms with van der Waals surface area (Å²) in [5.41, 5.74) is 6.51. The summed E-state index contributed by atoms with van der Waals surface area (Å²) in [5, 5.41) is 0.970. The van der Waals surface area contributed by atoms with Crippen LogP contribution in [0.15, 0.2) is 48.5 Å². The number of nitrogens with zero attached hydrogens (tertiary/aromatic N) is 3. The first kappa shape index (κ1) is 29.3. The Kier molecular flexibility index (Phi) is 9.38. The van der Waals surface area contributed by atoms with Gasteiger partial charge in [0.2, 0.25) is 5.91 Å². The number of benzene rings is 2. The van der Waals surface area contributed by atoms with Crippen molar-refractivity contribution in [2.24, 2.45) is 5.73 Å². The molecule has 1 unspecified atom stereocenters. The normalized spacial score (nSPS) is 24.1. The van der Waals surface area contributed by atoms with E-state index in [1.807, 2.05) is 47.4 Å². The zero-order valence-electron chi connectivity index (χ0n) is 23.1. The van der Waals surface area contributed by atoms with Crippen LogP contribution in [0.2, 0.25) is 10.0 Å². The van der Waals surface area contributed by atoms with Gasteiger partial charge in [0.25, 0.3) is 5.91 Å². The van der Waals surface area contributed by atoms with Crippen molar-refractivity contribution in [2.75, 3.05) is 52.4 Å². The van der Waals surface area contributed by atoms with E-state index < -0.39 is 5.60 Å². The summed E-state index contributed by atoms with van der Waals surface area (Å²) >= 11 is 12.7. The number of piperidine rings is 2. The first-order valence-electron chi connectivity index (χ1n) is 14.5. The SMILES string of the molecule is NC(=O)CC1(N2CCCCC2)CCN(CCC2(c3ccc(Cl)c(Cl)c3)CN(C(=O)c3ccccc3)CCO2)CC1. The van der Waals surface area contributed by atoms with Gasteiger partial charge in [-0.3, -0.25) is 14.5 Å². The molecule has 3 saturated heterocycles. The predicted octanol–water partition coefficient (Wildman–Crippen LogP) is 4.95. The Hall–Kier alpha value is -2.16. The molecular formula is C31H40Cl2N4O3. The fourth-order valence-corrected chi connectivity index (χ4v) is 7.10. The molecule has 0 radical (unpaired) electrons. The summed E-state index contributed by atoms with van der Waals surface area (Å²) in [4.78, 5) is 32.4. The number of amides is 2. The standard InChI is InChI=1S/C31H40Cl2N4O3/c32-26-10-9-25(21-27(26)33)31(23-36(19-20-40-31)29(39)24-7-3-1-4-8-24)13-18-35-16-11-30(12-17-35,22-28(34)38)37-14-5-2-6-15-37/h1,3-4,7-10,21H,2,5-6,11-20,22-23H2,(H2,34,38). The zero-order chi connectivity index (χ0) is 28.2. The first-order valence-corrected chi connectivity index (χ1v) is 15.3. The van der Waals surface area contributed by atoms with Gasteiger partial charge < -0.3 is 20.3 Å². The first-order chi connectivity index (χ1) is 19.3. The Morgan fingerprint density at radius 3 is 2.30 bits per heavy atom. The molecule has 1 atom stereocenters. The van der Waals surface area contributed by atoms with E-state index in [-0.39, 0.29) is 17.4 Å². The summed E-state index contributed by atoms with van der Waals surface area (Å²) in [6, 6.07) is 15.1. The number of likely N-dealkylation sites (tertiary alicyclic amines) is 2. The maximum Gasteiger partial charge on any atom is 0.254 e. The van der Waals surface area contributed by atoms with E-state index in [4.69, 9.17) is 33.7 Å². The molecule has 0 aromatic heterocycles. The van der Waals surface area contributed by atoms with Gasteiger partial charge in [0.1, 0.15) is 5.60 Å². The molecule has 40 heavy (non-hydrogen) atoms. The largest absolute Gasteiger partial charge is 0.370 e. The Labute approximate surface area is 247 Å². The number of hydrogen-bond donors (Lipinski definition) is 1. The molecule has 3 aliphatic heterocycles. The lowest BCUT2D eigenvalue weighted by molar-refractivity contribution is -0.123. The maximum atomic E-state index is 13.4. The number of carbonyl (C=O) groups excluding carboxylic acids is 2. The van der Waals surface area contributed by atoms with E-state index >= 15 is 0 Å². The molecule has 3 aliphatic rings. The van der Waals surface area contributed by atoms with Crippen LogP contribution in [-0.2, 0) is 15.1 Å². The molecule has 7 nitrogen and oxygen atoms in total. The molecule has 3 fully saturated rings. The quantitative estimate of drug-likeness (QED) is 0.473. The summed E-state index contributed by atoms with van der Waals surface area (Å²) in [6.45, 7) is 6.11. The fourth-order valence-electron chi connectivity index (χ4n) is 6.80. The lowest BCUT2D eigenvalue weighted by atomic mass is 9.80. The van der Waals surface area contributed by atoms with E-state index in [2.05, 4.69) is 9.80 Å². The second kappa shape index (κ2) is 12.8. The summed E-state index contributed by atoms with van der Waals surface area (Å²) in [7, 11) is 0. The minimum Gasteiger partial charge on any atom is -0.370 e. The summed E-state index contributed by atoms with van der Waals surface area (Å²) in [6.07, 6.45) is 6.61. The number of hydrogen-bond acceptors (Lipinski definition) is 5. The van der Waals surface area contributed by atoms with Gasteiger partial charge in [0, 0.05) is 30.6 Å². The summed E-state index contributed by atoms with van der Waals surface area (Å²) in [5.74, 6) is -0.208. The molecule has 2 amide bonds. The number of morpholine rings is 1. The smallest absolute Gasteiger partial charge is 0.254 e. The number of nitrogens with two attached hydrogens (primary N) is 1. The van der Waals surface area contributed by atoms with Gasteiger partial charge in [0.05, 0.1) is 23.2 Å². The highest BCUT2D eigenvalue weighted by Gasteiger charge is 2.44. The van der Waals surface area contributed by atoms with Crippen LogP contribution in [0.5, 0.6) is 0 Å². The average molecular weight is 588 g/mol. The van der Waals surface area contributed by atoms with Gasteiger partial charge in [-0.15, -0.1) is 0 Å². The van der Waals surface area contributed by atoms with Crippen LogP contribution < -0.4 is 5.73 Å². The van der Waals surface area contributed by atoms with Crippen LogP contribution in [0, 0.1) is 0 Å². The van der Waals surface area contributed by atoms with Gasteiger partial charge in [-0.25, -0.2) is 0 Å². The Bertz CT molecular complexity index is 1180. The highest BCUT2D eigenvalue weighted by Crippen LogP contribution is 2.39. The molecule has 5 rings (SSSR count). The molecule has 2 N–H and O–H groups in total. The third kappa shape index (κ3) is 6.50. The van der Waals surface area contributed by atoms with Crippen LogP contribution in [0.1, 0.15) is 60.9 Å². The van der Waals surface area contributed by atoms with Crippen molar-refractivity contribution in [2.45, 2.75) is 56.1 Å². The monoisotopic (exact) mass is 586 g/mol. The van der Waals surface area contributed by atoms with Crippen molar-refractivity contribution in [1.29, 1.82) is 0 Å². The van der Waals surface area contributed by atoms with Crippen molar-refractivity contribution in [1.82, 2.24) is 14.7 Å². The van der Waals surface area contributed by atoms with Crippen LogP contribution in [-0.4, -0.2) is 84.5 Å². The van der Waals surface area contributed by atoms with E-state index in [9.17, 15) is 9.59 Å². The van der Waals surface area contributed by atoms with Crippen LogP contribution in [0.25, 0.3) is 0 Å². The zero-order valence-corrected chi connectivity index (χ0v) is 24.6. The van der Waals surface area contributed by atoms with Crippen molar-refractivity contribution >= 4 is 35.0 Å². The summed E-state index contributed by atoms with van der Waals surface area (Å²) < 4.78 is 6.55.